The molecule has 0 saturated heterocycles. The zero-order chi connectivity index (χ0) is 13.8. The summed E-state index contributed by atoms with van der Waals surface area (Å²) in [7, 11) is 5.66. The third kappa shape index (κ3) is 3.47. The van der Waals surface area contributed by atoms with E-state index < -0.39 is 0 Å². The van der Waals surface area contributed by atoms with Gasteiger partial charge in [0.25, 0.3) is 0 Å². The average molecular weight is 250 g/mol. The molecule has 0 amide bonds. The maximum Gasteiger partial charge on any atom is 0.123 e. The molecule has 1 unspecified atom stereocenters. The molecule has 0 spiro atoms. The van der Waals surface area contributed by atoms with Crippen LogP contribution in [0.5, 0.6) is 5.75 Å². The zero-order valence-electron chi connectivity index (χ0n) is 12.4. The molecule has 0 saturated carbocycles. The van der Waals surface area contributed by atoms with E-state index in [0.717, 1.165) is 12.3 Å². The largest absolute Gasteiger partial charge is 0.496 e. The Bertz CT molecular complexity index is 383. The molecule has 0 aliphatic rings. The van der Waals surface area contributed by atoms with Crippen molar-refractivity contribution in [3.05, 3.63) is 29.3 Å². The molecule has 1 atom stereocenters. The molecule has 1 aromatic carbocycles. The normalized spacial score (nSPS) is 13.4. The standard InChI is InChI=1S/C15H26N2O/c1-15(2,3)11-7-8-14(18-6)12(9-11)13(17-5)10-16-4/h7-9,13,16-17H,10H2,1-6H3. The highest BCUT2D eigenvalue weighted by molar-refractivity contribution is 5.41. The molecule has 0 bridgehead atoms. The van der Waals surface area contributed by atoms with E-state index in [-0.39, 0.29) is 11.5 Å². The van der Waals surface area contributed by atoms with E-state index in [1.165, 1.54) is 11.1 Å². The van der Waals surface area contributed by atoms with Gasteiger partial charge in [-0.1, -0.05) is 26.8 Å². The minimum Gasteiger partial charge on any atom is -0.496 e. The first-order valence-corrected chi connectivity index (χ1v) is 6.44. The fourth-order valence-electron chi connectivity index (χ4n) is 2.04. The van der Waals surface area contributed by atoms with Crippen molar-refractivity contribution >= 4 is 0 Å². The van der Waals surface area contributed by atoms with Crippen molar-refractivity contribution in [1.29, 1.82) is 0 Å². The summed E-state index contributed by atoms with van der Waals surface area (Å²) in [6.07, 6.45) is 0. The van der Waals surface area contributed by atoms with Crippen molar-refractivity contribution in [2.45, 2.75) is 32.2 Å². The first kappa shape index (κ1) is 15.0. The zero-order valence-corrected chi connectivity index (χ0v) is 12.4. The minimum atomic E-state index is 0.152. The van der Waals surface area contributed by atoms with E-state index in [4.69, 9.17) is 4.74 Å². The van der Waals surface area contributed by atoms with Crippen LogP contribution in [0.3, 0.4) is 0 Å². The molecular weight excluding hydrogens is 224 g/mol. The Morgan fingerprint density at radius 1 is 1.22 bits per heavy atom. The smallest absolute Gasteiger partial charge is 0.123 e. The van der Waals surface area contributed by atoms with Crippen molar-refractivity contribution in [3.8, 4) is 5.75 Å². The summed E-state index contributed by atoms with van der Waals surface area (Å²) in [5.41, 5.74) is 2.69. The van der Waals surface area contributed by atoms with Gasteiger partial charge in [0.15, 0.2) is 0 Å². The van der Waals surface area contributed by atoms with Crippen molar-refractivity contribution in [3.63, 3.8) is 0 Å². The average Bonchev–Trinajstić information content (AvgIpc) is 2.34. The number of methoxy groups -OCH3 is 1. The van der Waals surface area contributed by atoms with Crippen molar-refractivity contribution in [2.24, 2.45) is 0 Å². The summed E-state index contributed by atoms with van der Waals surface area (Å²) in [6.45, 7) is 7.56. The Morgan fingerprint density at radius 2 is 1.89 bits per heavy atom. The van der Waals surface area contributed by atoms with Crippen LogP contribution in [0, 0.1) is 0 Å². The summed E-state index contributed by atoms with van der Waals surface area (Å²) in [5, 5.41) is 6.54. The highest BCUT2D eigenvalue weighted by Gasteiger charge is 2.19. The van der Waals surface area contributed by atoms with E-state index in [0.29, 0.717) is 0 Å². The molecule has 0 aliphatic carbocycles. The van der Waals surface area contributed by atoms with Crippen molar-refractivity contribution in [1.82, 2.24) is 10.6 Å². The molecule has 0 radical (unpaired) electrons. The van der Waals surface area contributed by atoms with Gasteiger partial charge < -0.3 is 15.4 Å². The molecule has 3 nitrogen and oxygen atoms in total. The van der Waals surface area contributed by atoms with E-state index in [9.17, 15) is 0 Å². The first-order chi connectivity index (χ1) is 8.43. The highest BCUT2D eigenvalue weighted by atomic mass is 16.5. The van der Waals surface area contributed by atoms with Gasteiger partial charge >= 0.3 is 0 Å². The predicted octanol–water partition coefficient (Wildman–Crippen LogP) is 2.47. The Morgan fingerprint density at radius 3 is 2.33 bits per heavy atom. The van der Waals surface area contributed by atoms with Crippen LogP contribution < -0.4 is 15.4 Å². The number of hydrogen-bond donors (Lipinski definition) is 2. The number of nitrogens with one attached hydrogen (secondary N) is 2. The maximum absolute atomic E-state index is 5.47. The Hall–Kier alpha value is -1.06. The van der Waals surface area contributed by atoms with Gasteiger partial charge in [0.05, 0.1) is 7.11 Å². The summed E-state index contributed by atoms with van der Waals surface area (Å²) in [4.78, 5) is 0. The molecule has 2 N–H and O–H groups in total. The van der Waals surface area contributed by atoms with E-state index in [1.54, 1.807) is 7.11 Å². The Balaban J connectivity index is 3.20. The van der Waals surface area contributed by atoms with Crippen LogP contribution in [-0.2, 0) is 5.41 Å². The van der Waals surface area contributed by atoms with Crippen molar-refractivity contribution in [2.75, 3.05) is 27.7 Å². The monoisotopic (exact) mass is 250 g/mol. The molecule has 1 rings (SSSR count). The molecule has 18 heavy (non-hydrogen) atoms. The number of hydrogen-bond acceptors (Lipinski definition) is 3. The van der Waals surface area contributed by atoms with Gasteiger partial charge in [0.2, 0.25) is 0 Å². The molecular formula is C15H26N2O. The molecule has 3 heteroatoms. The second-order valence-electron chi connectivity index (χ2n) is 5.61. The molecule has 0 heterocycles. The molecule has 1 aromatic rings. The quantitative estimate of drug-likeness (QED) is 0.842. The predicted molar refractivity (Wildman–Crippen MR) is 77.4 cm³/mol. The molecule has 102 valence electrons. The Labute approximate surface area is 111 Å². The highest BCUT2D eigenvalue weighted by Crippen LogP contribution is 2.31. The SMILES string of the molecule is CNCC(NC)c1cc(C(C)(C)C)ccc1OC. The van der Waals surface area contributed by atoms with Crippen molar-refractivity contribution < 1.29 is 4.74 Å². The summed E-state index contributed by atoms with van der Waals surface area (Å²) in [5.74, 6) is 0.942. The van der Waals surface area contributed by atoms with E-state index >= 15 is 0 Å². The summed E-state index contributed by atoms with van der Waals surface area (Å²) < 4.78 is 5.47. The number of likely N-dealkylation sites (N-methyl/N-ethyl adjacent to an activating group) is 2. The van der Waals surface area contributed by atoms with Gasteiger partial charge in [-0.3, -0.25) is 0 Å². The number of rotatable bonds is 5. The van der Waals surface area contributed by atoms with Gasteiger partial charge in [0.1, 0.15) is 5.75 Å². The lowest BCUT2D eigenvalue weighted by Crippen LogP contribution is -2.28. The van der Waals surface area contributed by atoms with Gasteiger partial charge in [-0.15, -0.1) is 0 Å². The number of benzene rings is 1. The van der Waals surface area contributed by atoms with E-state index in [2.05, 4.69) is 49.6 Å². The lowest BCUT2D eigenvalue weighted by molar-refractivity contribution is 0.399. The summed E-state index contributed by atoms with van der Waals surface area (Å²) in [6, 6.07) is 6.72. The van der Waals surface area contributed by atoms with Gasteiger partial charge in [-0.25, -0.2) is 0 Å². The fraction of sp³-hybridized carbons (Fsp3) is 0.600. The van der Waals surface area contributed by atoms with E-state index in [1.807, 2.05) is 14.1 Å². The van der Waals surface area contributed by atoms with Crippen LogP contribution in [0.1, 0.15) is 37.9 Å². The fourth-order valence-corrected chi connectivity index (χ4v) is 2.04. The van der Waals surface area contributed by atoms with Crippen LogP contribution >= 0.6 is 0 Å². The lowest BCUT2D eigenvalue weighted by Gasteiger charge is -2.24. The number of ether oxygens (including phenoxy) is 1. The second-order valence-corrected chi connectivity index (χ2v) is 5.61. The van der Waals surface area contributed by atoms with Crippen LogP contribution in [0.2, 0.25) is 0 Å². The minimum absolute atomic E-state index is 0.152. The van der Waals surface area contributed by atoms with Gasteiger partial charge in [-0.05, 0) is 37.2 Å². The topological polar surface area (TPSA) is 33.3 Å². The maximum atomic E-state index is 5.47. The third-order valence-electron chi connectivity index (χ3n) is 3.23. The van der Waals surface area contributed by atoms with Gasteiger partial charge in [0, 0.05) is 18.2 Å². The third-order valence-corrected chi connectivity index (χ3v) is 3.23. The van der Waals surface area contributed by atoms with Crippen LogP contribution in [-0.4, -0.2) is 27.7 Å². The lowest BCUT2D eigenvalue weighted by atomic mass is 9.85. The first-order valence-electron chi connectivity index (χ1n) is 6.44. The molecule has 0 fully saturated rings. The van der Waals surface area contributed by atoms with Crippen LogP contribution in [0.25, 0.3) is 0 Å². The second kappa shape index (κ2) is 6.21. The van der Waals surface area contributed by atoms with Crippen LogP contribution in [0.4, 0.5) is 0 Å². The molecule has 0 aromatic heterocycles. The molecule has 0 aliphatic heterocycles. The summed E-state index contributed by atoms with van der Waals surface area (Å²) >= 11 is 0. The Kier molecular flexibility index (Phi) is 5.17. The van der Waals surface area contributed by atoms with Crippen LogP contribution in [0.15, 0.2) is 18.2 Å². The van der Waals surface area contributed by atoms with Gasteiger partial charge in [-0.2, -0.15) is 0 Å².